The smallest absolute Gasteiger partial charge is 0.333 e. The van der Waals surface area contributed by atoms with Gasteiger partial charge in [-0.15, -0.1) is 0 Å². The second-order valence-corrected chi connectivity index (χ2v) is 4.26. The van der Waals surface area contributed by atoms with Gasteiger partial charge in [-0.3, -0.25) is 4.79 Å². The molecular formula is C13H22N2O5. The van der Waals surface area contributed by atoms with Crippen molar-refractivity contribution in [2.24, 2.45) is 0 Å². The predicted octanol–water partition coefficient (Wildman–Crippen LogP) is 0.700. The number of amides is 2. The Morgan fingerprint density at radius 3 is 2.35 bits per heavy atom. The molecular weight excluding hydrogens is 264 g/mol. The van der Waals surface area contributed by atoms with Gasteiger partial charge in [0.25, 0.3) is 0 Å². The molecule has 0 aliphatic carbocycles. The summed E-state index contributed by atoms with van der Waals surface area (Å²) in [7, 11) is 1.63. The van der Waals surface area contributed by atoms with Gasteiger partial charge < -0.3 is 19.7 Å². The van der Waals surface area contributed by atoms with Gasteiger partial charge in [-0.1, -0.05) is 6.58 Å². The Balaban J connectivity index is 3.67. The number of rotatable bonds is 8. The van der Waals surface area contributed by atoms with E-state index in [0.717, 1.165) is 0 Å². The zero-order chi connectivity index (χ0) is 15.5. The van der Waals surface area contributed by atoms with E-state index in [0.29, 0.717) is 18.5 Å². The largest absolute Gasteiger partial charge is 0.466 e. The molecule has 0 bridgehead atoms. The fourth-order valence-corrected chi connectivity index (χ4v) is 1.18. The molecule has 0 spiro atoms. The van der Waals surface area contributed by atoms with Crippen LogP contribution >= 0.6 is 0 Å². The molecule has 0 aromatic rings. The van der Waals surface area contributed by atoms with Crippen molar-refractivity contribution in [1.29, 1.82) is 0 Å². The van der Waals surface area contributed by atoms with Crippen LogP contribution in [0.15, 0.2) is 12.2 Å². The molecule has 0 saturated carbocycles. The first-order valence-corrected chi connectivity index (χ1v) is 6.29. The van der Waals surface area contributed by atoms with E-state index in [-0.39, 0.29) is 31.8 Å². The number of urea groups is 1. The van der Waals surface area contributed by atoms with Crippen LogP contribution in [0.5, 0.6) is 0 Å². The molecule has 0 atom stereocenters. The van der Waals surface area contributed by atoms with E-state index in [9.17, 15) is 14.4 Å². The maximum Gasteiger partial charge on any atom is 0.333 e. The molecule has 0 fully saturated rings. The molecule has 1 N–H and O–H groups in total. The van der Waals surface area contributed by atoms with Gasteiger partial charge in [0, 0.05) is 26.1 Å². The third-order valence-corrected chi connectivity index (χ3v) is 2.25. The first-order chi connectivity index (χ1) is 9.34. The lowest BCUT2D eigenvalue weighted by atomic mass is 10.4. The van der Waals surface area contributed by atoms with Gasteiger partial charge in [0.15, 0.2) is 0 Å². The number of ether oxygens (including phenoxy) is 2. The van der Waals surface area contributed by atoms with Crippen molar-refractivity contribution >= 4 is 18.0 Å². The van der Waals surface area contributed by atoms with E-state index in [1.54, 1.807) is 14.0 Å². The fourth-order valence-electron chi connectivity index (χ4n) is 1.18. The first-order valence-electron chi connectivity index (χ1n) is 6.29. The van der Waals surface area contributed by atoms with Crippen LogP contribution in [0.2, 0.25) is 0 Å². The summed E-state index contributed by atoms with van der Waals surface area (Å²) in [6.45, 7) is 7.40. The summed E-state index contributed by atoms with van der Waals surface area (Å²) in [5, 5.41) is 2.60. The average Bonchev–Trinajstić information content (AvgIpc) is 2.38. The summed E-state index contributed by atoms with van der Waals surface area (Å²) < 4.78 is 9.59. The zero-order valence-corrected chi connectivity index (χ0v) is 12.2. The highest BCUT2D eigenvalue weighted by Gasteiger charge is 2.08. The van der Waals surface area contributed by atoms with Crippen molar-refractivity contribution in [3.8, 4) is 0 Å². The minimum atomic E-state index is -0.478. The number of hydrogen-bond donors (Lipinski definition) is 1. The van der Waals surface area contributed by atoms with Crippen LogP contribution < -0.4 is 5.32 Å². The van der Waals surface area contributed by atoms with Crippen LogP contribution in [-0.4, -0.2) is 56.2 Å². The molecule has 0 aromatic heterocycles. The topological polar surface area (TPSA) is 84.9 Å². The molecule has 7 heteroatoms. The minimum Gasteiger partial charge on any atom is -0.466 e. The summed E-state index contributed by atoms with van der Waals surface area (Å²) in [5.41, 5.74) is 0.318. The second kappa shape index (κ2) is 9.82. The molecule has 0 saturated heterocycles. The zero-order valence-electron chi connectivity index (χ0n) is 12.2. The Labute approximate surface area is 118 Å². The third kappa shape index (κ3) is 8.96. The standard InChI is InChI=1S/C13H22N2O5/c1-10(2)12(17)20-9-6-14-13(18)15(4)7-5-8-19-11(3)16/h1,5-9H2,2-4H3,(H,14,18). The molecule has 0 rings (SSSR count). The van der Waals surface area contributed by atoms with E-state index in [4.69, 9.17) is 9.47 Å². The van der Waals surface area contributed by atoms with E-state index < -0.39 is 5.97 Å². The summed E-state index contributed by atoms with van der Waals surface area (Å²) >= 11 is 0. The van der Waals surface area contributed by atoms with Crippen molar-refractivity contribution in [1.82, 2.24) is 10.2 Å². The summed E-state index contributed by atoms with van der Waals surface area (Å²) in [4.78, 5) is 34.7. The molecule has 0 heterocycles. The monoisotopic (exact) mass is 286 g/mol. The van der Waals surface area contributed by atoms with Gasteiger partial charge in [-0.25, -0.2) is 9.59 Å². The van der Waals surface area contributed by atoms with Crippen LogP contribution in [0.4, 0.5) is 4.79 Å². The number of esters is 2. The molecule has 0 unspecified atom stereocenters. The molecule has 2 amide bonds. The van der Waals surface area contributed by atoms with Crippen LogP contribution in [0, 0.1) is 0 Å². The maximum atomic E-state index is 11.6. The van der Waals surface area contributed by atoms with Crippen molar-refractivity contribution in [2.75, 3.05) is 33.4 Å². The van der Waals surface area contributed by atoms with Crippen molar-refractivity contribution in [3.63, 3.8) is 0 Å². The van der Waals surface area contributed by atoms with E-state index in [1.807, 2.05) is 0 Å². The Kier molecular flexibility index (Phi) is 8.82. The van der Waals surface area contributed by atoms with Crippen LogP contribution in [0.3, 0.4) is 0 Å². The highest BCUT2D eigenvalue weighted by molar-refractivity contribution is 5.86. The Hall–Kier alpha value is -2.05. The van der Waals surface area contributed by atoms with Gasteiger partial charge in [0.1, 0.15) is 6.61 Å². The van der Waals surface area contributed by atoms with Gasteiger partial charge in [0.05, 0.1) is 13.2 Å². The van der Waals surface area contributed by atoms with Crippen molar-refractivity contribution < 1.29 is 23.9 Å². The van der Waals surface area contributed by atoms with Gasteiger partial charge in [-0.2, -0.15) is 0 Å². The van der Waals surface area contributed by atoms with Crippen LogP contribution in [-0.2, 0) is 19.1 Å². The highest BCUT2D eigenvalue weighted by Crippen LogP contribution is 1.92. The van der Waals surface area contributed by atoms with E-state index in [1.165, 1.54) is 11.8 Å². The third-order valence-electron chi connectivity index (χ3n) is 2.25. The lowest BCUT2D eigenvalue weighted by Gasteiger charge is -2.17. The number of carbonyl (C=O) groups is 3. The fraction of sp³-hybridized carbons (Fsp3) is 0.615. The number of nitrogens with zero attached hydrogens (tertiary/aromatic N) is 1. The Morgan fingerprint density at radius 1 is 1.15 bits per heavy atom. The molecule has 0 aliphatic rings. The normalized spacial score (nSPS) is 9.55. The lowest BCUT2D eigenvalue weighted by molar-refractivity contribution is -0.141. The van der Waals surface area contributed by atoms with Gasteiger partial charge in [0.2, 0.25) is 0 Å². The second-order valence-electron chi connectivity index (χ2n) is 4.26. The number of hydrogen-bond acceptors (Lipinski definition) is 5. The molecule has 0 radical (unpaired) electrons. The molecule has 7 nitrogen and oxygen atoms in total. The van der Waals surface area contributed by atoms with E-state index >= 15 is 0 Å². The molecule has 20 heavy (non-hydrogen) atoms. The maximum absolute atomic E-state index is 11.6. The Morgan fingerprint density at radius 2 is 1.80 bits per heavy atom. The first kappa shape index (κ1) is 17.9. The predicted molar refractivity (Wildman–Crippen MR) is 73.1 cm³/mol. The van der Waals surface area contributed by atoms with Crippen LogP contribution in [0.25, 0.3) is 0 Å². The molecule has 0 aliphatic heterocycles. The van der Waals surface area contributed by atoms with Gasteiger partial charge in [-0.05, 0) is 13.3 Å². The van der Waals surface area contributed by atoms with Crippen LogP contribution in [0.1, 0.15) is 20.3 Å². The average molecular weight is 286 g/mol. The quantitative estimate of drug-likeness (QED) is 0.403. The van der Waals surface area contributed by atoms with Crippen molar-refractivity contribution in [2.45, 2.75) is 20.3 Å². The SMILES string of the molecule is C=C(C)C(=O)OCCNC(=O)N(C)CCCOC(C)=O. The number of nitrogens with one attached hydrogen (secondary N) is 1. The van der Waals surface area contributed by atoms with Gasteiger partial charge >= 0.3 is 18.0 Å². The summed E-state index contributed by atoms with van der Waals surface area (Å²) in [6, 6.07) is -0.279. The molecule has 0 aromatic carbocycles. The van der Waals surface area contributed by atoms with Crippen molar-refractivity contribution in [3.05, 3.63) is 12.2 Å². The highest BCUT2D eigenvalue weighted by atomic mass is 16.5. The Bertz CT molecular complexity index is 368. The summed E-state index contributed by atoms with van der Waals surface area (Å²) in [6.07, 6.45) is 0.564. The molecule has 114 valence electrons. The lowest BCUT2D eigenvalue weighted by Crippen LogP contribution is -2.39. The summed E-state index contributed by atoms with van der Waals surface area (Å²) in [5.74, 6) is -0.814. The number of carbonyl (C=O) groups excluding carboxylic acids is 3. The van der Waals surface area contributed by atoms with E-state index in [2.05, 4.69) is 11.9 Å². The minimum absolute atomic E-state index is 0.0960.